The monoisotopic (exact) mass is 409 g/mol. The van der Waals surface area contributed by atoms with Gasteiger partial charge in [-0.3, -0.25) is 9.69 Å². The van der Waals surface area contributed by atoms with Crippen molar-refractivity contribution < 1.29 is 9.53 Å². The maximum absolute atomic E-state index is 12.8. The summed E-state index contributed by atoms with van der Waals surface area (Å²) in [7, 11) is 0. The normalized spacial score (nSPS) is 13.8. The predicted molar refractivity (Wildman–Crippen MR) is 125 cm³/mol. The molecule has 0 N–H and O–H groups in total. The van der Waals surface area contributed by atoms with E-state index in [4.69, 9.17) is 4.74 Å². The first kappa shape index (κ1) is 24.1. The van der Waals surface area contributed by atoms with Crippen LogP contribution in [0.15, 0.2) is 60.7 Å². The third-order valence-electron chi connectivity index (χ3n) is 5.42. The van der Waals surface area contributed by atoms with Crippen molar-refractivity contribution in [3.63, 3.8) is 0 Å². The van der Waals surface area contributed by atoms with Gasteiger partial charge in [0.05, 0.1) is 6.42 Å². The van der Waals surface area contributed by atoms with Crippen LogP contribution in [0.25, 0.3) is 0 Å². The molecule has 0 saturated heterocycles. The molecule has 2 aromatic rings. The van der Waals surface area contributed by atoms with Gasteiger partial charge in [-0.25, -0.2) is 0 Å². The van der Waals surface area contributed by atoms with Crippen LogP contribution in [-0.2, 0) is 16.1 Å². The largest absolute Gasteiger partial charge is 0.460 e. The van der Waals surface area contributed by atoms with Gasteiger partial charge in [0.15, 0.2) is 0 Å². The Bertz CT molecular complexity index is 736. The van der Waals surface area contributed by atoms with Crippen molar-refractivity contribution in [2.75, 3.05) is 0 Å². The second-order valence-electron chi connectivity index (χ2n) is 9.18. The minimum absolute atomic E-state index is 0.109. The first-order valence-corrected chi connectivity index (χ1v) is 11.4. The van der Waals surface area contributed by atoms with Gasteiger partial charge < -0.3 is 4.74 Å². The molecule has 0 aliphatic heterocycles. The zero-order valence-electron chi connectivity index (χ0n) is 19.4. The van der Waals surface area contributed by atoms with Crippen LogP contribution < -0.4 is 0 Å². The molecule has 0 bridgehead atoms. The Hall–Kier alpha value is -2.13. The topological polar surface area (TPSA) is 29.5 Å². The van der Waals surface area contributed by atoms with E-state index in [0.29, 0.717) is 6.42 Å². The molecular weight excluding hydrogens is 370 g/mol. The second kappa shape index (κ2) is 11.9. The van der Waals surface area contributed by atoms with Crippen molar-refractivity contribution in [1.29, 1.82) is 0 Å². The Kier molecular flexibility index (Phi) is 9.58. The molecule has 164 valence electrons. The minimum Gasteiger partial charge on any atom is -0.460 e. The summed E-state index contributed by atoms with van der Waals surface area (Å²) >= 11 is 0. The van der Waals surface area contributed by atoms with Crippen molar-refractivity contribution >= 4 is 5.97 Å². The Morgan fingerprint density at radius 2 is 1.57 bits per heavy atom. The number of hydrogen-bond acceptors (Lipinski definition) is 3. The summed E-state index contributed by atoms with van der Waals surface area (Å²) in [4.78, 5) is 15.3. The molecule has 1 unspecified atom stereocenters. The molecule has 30 heavy (non-hydrogen) atoms. The third-order valence-corrected chi connectivity index (χ3v) is 5.42. The van der Waals surface area contributed by atoms with E-state index < -0.39 is 5.60 Å². The maximum atomic E-state index is 12.8. The predicted octanol–water partition coefficient (Wildman–Crippen LogP) is 6.93. The Labute approximate surface area is 183 Å². The summed E-state index contributed by atoms with van der Waals surface area (Å²) in [6, 6.07) is 21.5. The molecule has 0 aliphatic rings. The van der Waals surface area contributed by atoms with Crippen LogP contribution >= 0.6 is 0 Å². The lowest BCUT2D eigenvalue weighted by Gasteiger charge is -2.37. The summed E-state index contributed by atoms with van der Waals surface area (Å²) in [6.45, 7) is 11.1. The molecule has 0 fully saturated rings. The number of ether oxygens (including phenoxy) is 1. The standard InChI is InChI=1S/C27H39NO2/c1-6-7-10-19-25(20-26(29)30-27(3,4)5)28(21-23-15-11-8-12-16-23)22(2)24-17-13-9-14-18-24/h8-9,11-18,22,25H,6-7,10,19-21H2,1-5H3/t22-,25?/m1/s1. The average Bonchev–Trinajstić information content (AvgIpc) is 2.71. The molecule has 2 atom stereocenters. The number of esters is 1. The van der Waals surface area contributed by atoms with E-state index in [1.54, 1.807) is 0 Å². The molecule has 2 rings (SSSR count). The van der Waals surface area contributed by atoms with Crippen molar-refractivity contribution in [2.45, 2.75) is 91.0 Å². The molecule has 3 heteroatoms. The van der Waals surface area contributed by atoms with Gasteiger partial charge in [-0.15, -0.1) is 0 Å². The zero-order chi connectivity index (χ0) is 22.0. The van der Waals surface area contributed by atoms with E-state index in [1.807, 2.05) is 26.8 Å². The third kappa shape index (κ3) is 8.31. The van der Waals surface area contributed by atoms with Crippen molar-refractivity contribution in [1.82, 2.24) is 4.90 Å². The molecular formula is C27H39NO2. The van der Waals surface area contributed by atoms with E-state index in [1.165, 1.54) is 24.0 Å². The van der Waals surface area contributed by atoms with E-state index in [9.17, 15) is 4.79 Å². The Morgan fingerprint density at radius 3 is 2.13 bits per heavy atom. The van der Waals surface area contributed by atoms with Gasteiger partial charge >= 0.3 is 5.97 Å². The highest BCUT2D eigenvalue weighted by Gasteiger charge is 2.28. The highest BCUT2D eigenvalue weighted by Crippen LogP contribution is 2.29. The van der Waals surface area contributed by atoms with E-state index in [2.05, 4.69) is 73.3 Å². The van der Waals surface area contributed by atoms with Crippen LogP contribution in [0.1, 0.15) is 83.9 Å². The molecule has 0 spiro atoms. The minimum atomic E-state index is -0.458. The van der Waals surface area contributed by atoms with Gasteiger partial charge in [0, 0.05) is 18.6 Å². The van der Waals surface area contributed by atoms with Gasteiger partial charge in [0.25, 0.3) is 0 Å². The number of carbonyl (C=O) groups excluding carboxylic acids is 1. The molecule has 0 amide bonds. The quantitative estimate of drug-likeness (QED) is 0.298. The van der Waals surface area contributed by atoms with Crippen molar-refractivity contribution in [3.05, 3.63) is 71.8 Å². The Morgan fingerprint density at radius 1 is 0.967 bits per heavy atom. The highest BCUT2D eigenvalue weighted by atomic mass is 16.6. The number of hydrogen-bond donors (Lipinski definition) is 0. The first-order valence-electron chi connectivity index (χ1n) is 11.4. The van der Waals surface area contributed by atoms with Crippen LogP contribution in [0.2, 0.25) is 0 Å². The number of unbranched alkanes of at least 4 members (excludes halogenated alkanes) is 2. The van der Waals surface area contributed by atoms with Crippen LogP contribution in [0, 0.1) is 0 Å². The van der Waals surface area contributed by atoms with E-state index >= 15 is 0 Å². The number of nitrogens with zero attached hydrogens (tertiary/aromatic N) is 1. The van der Waals surface area contributed by atoms with Gasteiger partial charge in [-0.2, -0.15) is 0 Å². The van der Waals surface area contributed by atoms with Crippen molar-refractivity contribution in [3.8, 4) is 0 Å². The summed E-state index contributed by atoms with van der Waals surface area (Å²) in [5.41, 5.74) is 2.09. The molecule has 0 radical (unpaired) electrons. The summed E-state index contributed by atoms with van der Waals surface area (Å²) in [6.07, 6.45) is 4.90. The highest BCUT2D eigenvalue weighted by molar-refractivity contribution is 5.70. The summed E-state index contributed by atoms with van der Waals surface area (Å²) < 4.78 is 5.69. The van der Waals surface area contributed by atoms with Gasteiger partial charge in [-0.1, -0.05) is 86.8 Å². The molecule has 0 saturated carbocycles. The lowest BCUT2D eigenvalue weighted by Crippen LogP contribution is -2.39. The lowest BCUT2D eigenvalue weighted by atomic mass is 9.98. The molecule has 2 aromatic carbocycles. The fourth-order valence-electron chi connectivity index (χ4n) is 3.89. The molecule has 0 aliphatic carbocycles. The van der Waals surface area contributed by atoms with Gasteiger partial charge in [0.2, 0.25) is 0 Å². The molecule has 0 heterocycles. The fraction of sp³-hybridized carbons (Fsp3) is 0.519. The average molecular weight is 410 g/mol. The smallest absolute Gasteiger partial charge is 0.307 e. The molecule has 0 aromatic heterocycles. The lowest BCUT2D eigenvalue weighted by molar-refractivity contribution is -0.156. The first-order chi connectivity index (χ1) is 14.3. The van der Waals surface area contributed by atoms with Crippen LogP contribution in [0.3, 0.4) is 0 Å². The second-order valence-corrected chi connectivity index (χ2v) is 9.18. The van der Waals surface area contributed by atoms with Crippen molar-refractivity contribution in [2.24, 2.45) is 0 Å². The van der Waals surface area contributed by atoms with Gasteiger partial charge in [0.1, 0.15) is 5.60 Å². The van der Waals surface area contributed by atoms with Gasteiger partial charge in [-0.05, 0) is 45.2 Å². The van der Waals surface area contributed by atoms with E-state index in [0.717, 1.165) is 19.4 Å². The number of carbonyl (C=O) groups is 1. The van der Waals surface area contributed by atoms with E-state index in [-0.39, 0.29) is 18.1 Å². The maximum Gasteiger partial charge on any atom is 0.307 e. The SMILES string of the molecule is CCCCCC(CC(=O)OC(C)(C)C)N(Cc1ccccc1)[C@H](C)c1ccccc1. The molecule has 3 nitrogen and oxygen atoms in total. The summed E-state index contributed by atoms with van der Waals surface area (Å²) in [5, 5.41) is 0. The number of benzene rings is 2. The fourth-order valence-corrected chi connectivity index (χ4v) is 3.89. The van der Waals surface area contributed by atoms with Crippen LogP contribution in [0.4, 0.5) is 0 Å². The summed E-state index contributed by atoms with van der Waals surface area (Å²) in [5.74, 6) is -0.109. The zero-order valence-corrected chi connectivity index (χ0v) is 19.4. The Balaban J connectivity index is 2.30. The van der Waals surface area contributed by atoms with Crippen LogP contribution in [-0.4, -0.2) is 22.5 Å². The number of rotatable bonds is 11. The van der Waals surface area contributed by atoms with Crippen LogP contribution in [0.5, 0.6) is 0 Å².